The van der Waals surface area contributed by atoms with Crippen LogP contribution in [0.4, 0.5) is 0 Å². The highest BCUT2D eigenvalue weighted by Crippen LogP contribution is 2.38. The van der Waals surface area contributed by atoms with Gasteiger partial charge in [0, 0.05) is 20.2 Å². The maximum atomic E-state index is 5.86. The Morgan fingerprint density at radius 1 is 1.35 bits per heavy atom. The molecule has 5 nitrogen and oxygen atoms in total. The highest BCUT2D eigenvalue weighted by molar-refractivity contribution is 4.96. The molecule has 1 N–H and O–H groups in total. The number of hydrogen-bond donors (Lipinski definition) is 1. The Morgan fingerprint density at radius 3 is 2.71 bits per heavy atom. The molecule has 4 atom stereocenters. The van der Waals surface area contributed by atoms with Gasteiger partial charge in [0.15, 0.2) is 12.1 Å². The van der Waals surface area contributed by atoms with Gasteiger partial charge in [0.25, 0.3) is 0 Å². The van der Waals surface area contributed by atoms with Crippen molar-refractivity contribution in [2.45, 2.75) is 44.2 Å². The monoisotopic (exact) mass is 243 g/mol. The topological polar surface area (TPSA) is 49.0 Å². The average molecular weight is 243 g/mol. The third-order valence-electron chi connectivity index (χ3n) is 2.97. The summed E-state index contributed by atoms with van der Waals surface area (Å²) in [5.41, 5.74) is 0. The van der Waals surface area contributed by atoms with Gasteiger partial charge in [-0.3, -0.25) is 0 Å². The summed E-state index contributed by atoms with van der Waals surface area (Å²) in [6.45, 7) is 8.93. The predicted octanol–water partition coefficient (Wildman–Crippen LogP) is 0.653. The van der Waals surface area contributed by atoms with Crippen LogP contribution in [0.1, 0.15) is 13.8 Å². The molecule has 2 saturated heterocycles. The van der Waals surface area contributed by atoms with Crippen LogP contribution in [-0.2, 0) is 18.9 Å². The average Bonchev–Trinajstić information content (AvgIpc) is 2.73. The quantitative estimate of drug-likeness (QED) is 0.567. The minimum absolute atomic E-state index is 0.0494. The lowest BCUT2D eigenvalue weighted by molar-refractivity contribution is -0.226. The second kappa shape index (κ2) is 5.04. The SMILES string of the molecule is C=CCNC[C@H]1O[C@H](OC)[C@@H]2OC(C)(C)O[C@@H]21. The van der Waals surface area contributed by atoms with Crippen molar-refractivity contribution in [1.82, 2.24) is 5.32 Å². The van der Waals surface area contributed by atoms with Crippen molar-refractivity contribution >= 4 is 0 Å². The molecule has 0 saturated carbocycles. The third kappa shape index (κ3) is 2.69. The lowest BCUT2D eigenvalue weighted by Gasteiger charge is -2.23. The highest BCUT2D eigenvalue weighted by Gasteiger charge is 2.55. The zero-order valence-corrected chi connectivity index (χ0v) is 10.6. The van der Waals surface area contributed by atoms with Gasteiger partial charge in [-0.05, 0) is 13.8 Å². The molecule has 0 aromatic carbocycles. The molecular weight excluding hydrogens is 222 g/mol. The molecule has 0 spiro atoms. The summed E-state index contributed by atoms with van der Waals surface area (Å²) in [4.78, 5) is 0. The van der Waals surface area contributed by atoms with E-state index in [-0.39, 0.29) is 24.6 Å². The standard InChI is InChI=1S/C12H21NO4/c1-5-6-13-7-8-9-10(11(14-4)15-8)17-12(2,3)16-9/h5,8-11,13H,1,6-7H2,2-4H3/t8-,9-,10-,11+/m1/s1. The molecule has 0 amide bonds. The molecule has 0 radical (unpaired) electrons. The van der Waals surface area contributed by atoms with E-state index in [1.807, 2.05) is 19.9 Å². The first-order chi connectivity index (χ1) is 8.07. The molecule has 0 unspecified atom stereocenters. The van der Waals surface area contributed by atoms with Crippen LogP contribution in [0.2, 0.25) is 0 Å². The number of rotatable bonds is 5. The van der Waals surface area contributed by atoms with Crippen LogP contribution in [0.3, 0.4) is 0 Å². The van der Waals surface area contributed by atoms with Gasteiger partial charge in [-0.1, -0.05) is 6.08 Å². The first-order valence-corrected chi connectivity index (χ1v) is 5.93. The Kier molecular flexibility index (Phi) is 3.85. The van der Waals surface area contributed by atoms with Gasteiger partial charge < -0.3 is 24.3 Å². The van der Waals surface area contributed by atoms with Gasteiger partial charge in [-0.15, -0.1) is 6.58 Å². The Labute approximate surface area is 102 Å². The maximum absolute atomic E-state index is 5.86. The van der Waals surface area contributed by atoms with Crippen molar-refractivity contribution in [3.05, 3.63) is 12.7 Å². The number of ether oxygens (including phenoxy) is 4. The zero-order valence-electron chi connectivity index (χ0n) is 10.6. The van der Waals surface area contributed by atoms with Gasteiger partial charge >= 0.3 is 0 Å². The van der Waals surface area contributed by atoms with Crippen LogP contribution < -0.4 is 5.32 Å². The molecule has 0 bridgehead atoms. The number of hydrogen-bond acceptors (Lipinski definition) is 5. The number of methoxy groups -OCH3 is 1. The smallest absolute Gasteiger partial charge is 0.186 e. The molecule has 2 aliphatic heterocycles. The Hall–Kier alpha value is -0.460. The summed E-state index contributed by atoms with van der Waals surface area (Å²) < 4.78 is 22.7. The van der Waals surface area contributed by atoms with E-state index in [0.717, 1.165) is 6.54 Å². The van der Waals surface area contributed by atoms with E-state index >= 15 is 0 Å². The Balaban J connectivity index is 1.97. The van der Waals surface area contributed by atoms with Crippen LogP contribution in [0, 0.1) is 0 Å². The fourth-order valence-corrected chi connectivity index (χ4v) is 2.32. The second-order valence-corrected chi connectivity index (χ2v) is 4.79. The molecule has 0 aromatic rings. The number of nitrogens with one attached hydrogen (secondary N) is 1. The molecular formula is C12H21NO4. The fraction of sp³-hybridized carbons (Fsp3) is 0.833. The fourth-order valence-electron chi connectivity index (χ4n) is 2.32. The normalized spacial score (nSPS) is 39.2. The summed E-state index contributed by atoms with van der Waals surface area (Å²) >= 11 is 0. The summed E-state index contributed by atoms with van der Waals surface area (Å²) in [6.07, 6.45) is 1.19. The Bertz CT molecular complexity index is 282. The van der Waals surface area contributed by atoms with E-state index < -0.39 is 5.79 Å². The summed E-state index contributed by atoms with van der Waals surface area (Å²) in [5, 5.41) is 3.23. The molecule has 0 aliphatic carbocycles. The molecule has 2 rings (SSSR count). The highest BCUT2D eigenvalue weighted by atomic mass is 16.8. The Morgan fingerprint density at radius 2 is 2.06 bits per heavy atom. The number of fused-ring (bicyclic) bond motifs is 1. The van der Waals surface area contributed by atoms with E-state index in [1.165, 1.54) is 0 Å². The lowest BCUT2D eigenvalue weighted by Crippen LogP contribution is -2.37. The second-order valence-electron chi connectivity index (χ2n) is 4.79. The molecule has 98 valence electrons. The molecule has 0 aromatic heterocycles. The minimum atomic E-state index is -0.563. The van der Waals surface area contributed by atoms with E-state index in [0.29, 0.717) is 6.54 Å². The largest absolute Gasteiger partial charge is 0.353 e. The van der Waals surface area contributed by atoms with Crippen molar-refractivity contribution in [3.8, 4) is 0 Å². The summed E-state index contributed by atoms with van der Waals surface area (Å²) in [7, 11) is 1.62. The van der Waals surface area contributed by atoms with E-state index in [9.17, 15) is 0 Å². The van der Waals surface area contributed by atoms with Crippen LogP contribution in [0.5, 0.6) is 0 Å². The molecule has 2 aliphatic rings. The van der Waals surface area contributed by atoms with Crippen molar-refractivity contribution in [2.75, 3.05) is 20.2 Å². The predicted molar refractivity (Wildman–Crippen MR) is 62.6 cm³/mol. The molecule has 2 heterocycles. The van der Waals surface area contributed by atoms with Gasteiger partial charge in [-0.2, -0.15) is 0 Å². The van der Waals surface area contributed by atoms with Gasteiger partial charge in [-0.25, -0.2) is 0 Å². The summed E-state index contributed by atoms with van der Waals surface area (Å²) in [6, 6.07) is 0. The maximum Gasteiger partial charge on any atom is 0.186 e. The van der Waals surface area contributed by atoms with Crippen molar-refractivity contribution in [1.29, 1.82) is 0 Å². The lowest BCUT2D eigenvalue weighted by atomic mass is 10.1. The first-order valence-electron chi connectivity index (χ1n) is 5.93. The minimum Gasteiger partial charge on any atom is -0.353 e. The molecule has 17 heavy (non-hydrogen) atoms. The summed E-state index contributed by atoms with van der Waals surface area (Å²) in [5.74, 6) is -0.563. The van der Waals surface area contributed by atoms with E-state index in [2.05, 4.69) is 11.9 Å². The molecule has 2 fully saturated rings. The van der Waals surface area contributed by atoms with Gasteiger partial charge in [0.2, 0.25) is 0 Å². The van der Waals surface area contributed by atoms with Crippen LogP contribution in [-0.4, -0.2) is 50.6 Å². The van der Waals surface area contributed by atoms with Gasteiger partial charge in [0.05, 0.1) is 0 Å². The van der Waals surface area contributed by atoms with Crippen molar-refractivity contribution < 1.29 is 18.9 Å². The third-order valence-corrected chi connectivity index (χ3v) is 2.97. The van der Waals surface area contributed by atoms with Gasteiger partial charge in [0.1, 0.15) is 18.3 Å². The van der Waals surface area contributed by atoms with E-state index in [4.69, 9.17) is 18.9 Å². The van der Waals surface area contributed by atoms with E-state index in [1.54, 1.807) is 7.11 Å². The first kappa shape index (κ1) is 13.0. The van der Waals surface area contributed by atoms with Crippen molar-refractivity contribution in [2.24, 2.45) is 0 Å². The van der Waals surface area contributed by atoms with Crippen molar-refractivity contribution in [3.63, 3.8) is 0 Å². The van der Waals surface area contributed by atoms with Crippen LogP contribution in [0.25, 0.3) is 0 Å². The zero-order chi connectivity index (χ0) is 12.5. The molecule has 5 heteroatoms. The van der Waals surface area contributed by atoms with Crippen LogP contribution in [0.15, 0.2) is 12.7 Å². The van der Waals surface area contributed by atoms with Crippen LogP contribution >= 0.6 is 0 Å².